The van der Waals surface area contributed by atoms with Crippen LogP contribution >= 0.6 is 0 Å². The summed E-state index contributed by atoms with van der Waals surface area (Å²) in [4.78, 5) is 30.2. The number of methoxy groups -OCH3 is 7. The minimum Gasteiger partial charge on any atom is -0.466 e. The number of hydrogen-bond acceptors (Lipinski definition) is 10. The Bertz CT molecular complexity index is 1310. The van der Waals surface area contributed by atoms with Crippen molar-refractivity contribution in [1.82, 2.24) is 0 Å². The molecule has 328 valence electrons. The highest BCUT2D eigenvalue weighted by Crippen LogP contribution is 2.38. The summed E-state index contributed by atoms with van der Waals surface area (Å²) in [5.74, 6) is 0.894. The highest BCUT2D eigenvalue weighted by atomic mass is 16.5. The molecular formula is C48H76O10. The van der Waals surface area contributed by atoms with Crippen LogP contribution in [0.3, 0.4) is 0 Å². The van der Waals surface area contributed by atoms with Gasteiger partial charge in [-0.3, -0.25) is 0 Å². The van der Waals surface area contributed by atoms with Gasteiger partial charge >= 0.3 is 17.9 Å². The van der Waals surface area contributed by atoms with Gasteiger partial charge in [0.1, 0.15) is 0 Å². The summed E-state index contributed by atoms with van der Waals surface area (Å²) >= 11 is 0. The van der Waals surface area contributed by atoms with Crippen LogP contribution in [0.25, 0.3) is 11.6 Å². The lowest BCUT2D eigenvalue weighted by atomic mass is 10.1. The molecule has 10 nitrogen and oxygen atoms in total. The minimum absolute atomic E-state index is 0.347. The standard InChI is InChI=1S/C9H10.C8H8.C7H10.2C5H8O2.C4H6O2.C4H8O.3C2H6O/c1-8(2)9-6-4-3-5-7-9;1-2-8-6-4-3-5-7-8;1-2-7-4-3-6(1)5-7;2*1-4(2)5(6)7-3;1-3-4(5)6-2;1-3-4-5-2;3*1-3-2/h3-7H,1H2,2H3;2-7H,1H2;1-2,6-7H,3-5H2;2*1H2,2-3H3;3H,1H2,2H3;3H,1,4H2,2H3;3*1-2H3. The Morgan fingerprint density at radius 2 is 0.966 bits per heavy atom. The Labute approximate surface area is 352 Å². The first-order chi connectivity index (χ1) is 27.5. The first-order valence-electron chi connectivity index (χ1n) is 18.1. The third kappa shape index (κ3) is 53.0. The third-order valence-electron chi connectivity index (χ3n) is 6.19. The molecule has 2 bridgehead atoms. The molecule has 2 aromatic carbocycles. The van der Waals surface area contributed by atoms with Crippen molar-refractivity contribution in [3.05, 3.63) is 147 Å². The lowest BCUT2D eigenvalue weighted by Gasteiger charge is -1.96. The van der Waals surface area contributed by atoms with E-state index in [-0.39, 0.29) is 11.9 Å². The van der Waals surface area contributed by atoms with Gasteiger partial charge in [-0.15, -0.1) is 6.58 Å². The molecule has 4 rings (SSSR count). The molecule has 0 amide bonds. The van der Waals surface area contributed by atoms with Gasteiger partial charge in [0.15, 0.2) is 0 Å². The third-order valence-corrected chi connectivity index (χ3v) is 6.19. The zero-order chi connectivity index (χ0) is 46.2. The van der Waals surface area contributed by atoms with Gasteiger partial charge in [0.25, 0.3) is 0 Å². The van der Waals surface area contributed by atoms with Crippen LogP contribution in [-0.4, -0.2) is 95.6 Å². The highest BCUT2D eigenvalue weighted by molar-refractivity contribution is 5.87. The molecule has 0 aliphatic heterocycles. The molecule has 0 saturated heterocycles. The molecule has 1 saturated carbocycles. The van der Waals surface area contributed by atoms with Gasteiger partial charge in [-0.2, -0.15) is 0 Å². The molecule has 1 fully saturated rings. The maximum atomic E-state index is 10.2. The maximum Gasteiger partial charge on any atom is 0.332 e. The van der Waals surface area contributed by atoms with Crippen molar-refractivity contribution in [3.63, 3.8) is 0 Å². The van der Waals surface area contributed by atoms with Gasteiger partial charge in [0.2, 0.25) is 0 Å². The summed E-state index contributed by atoms with van der Waals surface area (Å²) in [5, 5.41) is 0. The first-order valence-corrected chi connectivity index (χ1v) is 18.1. The second-order valence-electron chi connectivity index (χ2n) is 11.7. The number of esters is 3. The minimum atomic E-state index is -0.394. The maximum absolute atomic E-state index is 10.2. The predicted molar refractivity (Wildman–Crippen MR) is 244 cm³/mol. The molecule has 2 unspecified atom stereocenters. The smallest absolute Gasteiger partial charge is 0.332 e. The average molecular weight is 813 g/mol. The van der Waals surface area contributed by atoms with Crippen molar-refractivity contribution in [2.75, 3.05) is 77.7 Å². The second kappa shape index (κ2) is 51.9. The van der Waals surface area contributed by atoms with Crippen molar-refractivity contribution >= 4 is 29.6 Å². The van der Waals surface area contributed by atoms with Crippen molar-refractivity contribution in [2.24, 2.45) is 11.8 Å². The molecule has 0 radical (unpaired) electrons. The number of fused-ring (bicyclic) bond motifs is 2. The molecule has 2 atom stereocenters. The molecular weight excluding hydrogens is 737 g/mol. The van der Waals surface area contributed by atoms with Crippen LogP contribution in [0, 0.1) is 11.8 Å². The summed E-state index contributed by atoms with van der Waals surface area (Å²) in [7, 11) is 15.4. The van der Waals surface area contributed by atoms with Crippen LogP contribution < -0.4 is 0 Å². The van der Waals surface area contributed by atoms with E-state index in [0.29, 0.717) is 17.8 Å². The lowest BCUT2D eigenvalue weighted by molar-refractivity contribution is -0.136. The fourth-order valence-corrected chi connectivity index (χ4v) is 3.58. The van der Waals surface area contributed by atoms with E-state index >= 15 is 0 Å². The Hall–Kier alpha value is -5.13. The van der Waals surface area contributed by atoms with E-state index in [9.17, 15) is 14.4 Å². The van der Waals surface area contributed by atoms with E-state index in [1.165, 1.54) is 51.7 Å². The zero-order valence-electron chi connectivity index (χ0n) is 38.0. The lowest BCUT2D eigenvalue weighted by Crippen LogP contribution is -1.98. The fraction of sp³-hybridized carbons (Fsp3) is 0.396. The van der Waals surface area contributed by atoms with E-state index < -0.39 is 5.97 Å². The molecule has 58 heavy (non-hydrogen) atoms. The number of hydrogen-bond donors (Lipinski definition) is 0. The van der Waals surface area contributed by atoms with Crippen molar-refractivity contribution in [3.8, 4) is 0 Å². The van der Waals surface area contributed by atoms with Crippen LogP contribution in [0.1, 0.15) is 51.2 Å². The highest BCUT2D eigenvalue weighted by Gasteiger charge is 2.25. The number of rotatable bonds is 7. The van der Waals surface area contributed by atoms with Crippen molar-refractivity contribution in [2.45, 2.75) is 40.0 Å². The molecule has 2 aromatic rings. The molecule has 0 heterocycles. The van der Waals surface area contributed by atoms with Gasteiger partial charge in [-0.25, -0.2) is 14.4 Å². The van der Waals surface area contributed by atoms with Gasteiger partial charge in [-0.05, 0) is 63.0 Å². The van der Waals surface area contributed by atoms with E-state index in [4.69, 9.17) is 0 Å². The first kappa shape index (κ1) is 64.8. The van der Waals surface area contributed by atoms with Crippen LogP contribution in [0.15, 0.2) is 136 Å². The Kier molecular flexibility index (Phi) is 57.9. The Morgan fingerprint density at radius 3 is 1.07 bits per heavy atom. The summed E-state index contributed by atoms with van der Waals surface area (Å²) in [6, 6.07) is 20.2. The number of ether oxygens (including phenoxy) is 7. The number of carbonyl (C=O) groups is 3. The number of benzene rings is 2. The van der Waals surface area contributed by atoms with E-state index in [1.807, 2.05) is 61.5 Å². The monoisotopic (exact) mass is 813 g/mol. The van der Waals surface area contributed by atoms with Crippen LogP contribution in [0.5, 0.6) is 0 Å². The second-order valence-corrected chi connectivity index (χ2v) is 11.7. The van der Waals surface area contributed by atoms with Gasteiger partial charge in [0.05, 0.1) is 27.9 Å². The molecule has 2 aliphatic rings. The predicted octanol–water partition coefficient (Wildman–Crippen LogP) is 10.4. The molecule has 10 heteroatoms. The Morgan fingerprint density at radius 1 is 0.603 bits per heavy atom. The Balaban J connectivity index is -0.000000132. The number of carbonyl (C=O) groups excluding carboxylic acids is 3. The van der Waals surface area contributed by atoms with Gasteiger partial charge in [-0.1, -0.05) is 123 Å². The summed E-state index contributed by atoms with van der Waals surface area (Å²) in [5.41, 5.74) is 4.38. The van der Waals surface area contributed by atoms with Gasteiger partial charge in [0, 0.05) is 67.0 Å². The van der Waals surface area contributed by atoms with E-state index in [0.717, 1.165) is 23.5 Å². The van der Waals surface area contributed by atoms with Crippen molar-refractivity contribution < 1.29 is 47.5 Å². The van der Waals surface area contributed by atoms with Crippen LogP contribution in [-0.2, 0) is 47.5 Å². The molecule has 0 aromatic heterocycles. The molecule has 2 aliphatic carbocycles. The average Bonchev–Trinajstić information content (AvgIpc) is 3.90. The largest absolute Gasteiger partial charge is 0.466 e. The summed E-state index contributed by atoms with van der Waals surface area (Å²) < 4.78 is 30.0. The van der Waals surface area contributed by atoms with E-state index in [2.05, 4.69) is 96.9 Å². The van der Waals surface area contributed by atoms with Gasteiger partial charge < -0.3 is 33.2 Å². The van der Waals surface area contributed by atoms with E-state index in [1.54, 1.807) is 69.7 Å². The summed E-state index contributed by atoms with van der Waals surface area (Å²) in [6.07, 6.45) is 13.8. The quantitative estimate of drug-likeness (QED) is 0.116. The molecule has 0 spiro atoms. The number of allylic oxidation sites excluding steroid dienone is 3. The van der Waals surface area contributed by atoms with Crippen LogP contribution in [0.2, 0.25) is 0 Å². The van der Waals surface area contributed by atoms with Crippen molar-refractivity contribution in [1.29, 1.82) is 0 Å². The van der Waals surface area contributed by atoms with Crippen LogP contribution in [0.4, 0.5) is 0 Å². The zero-order valence-corrected chi connectivity index (χ0v) is 38.0. The SMILES string of the molecule is C1=CC2CCC1C2.C=C(C)C(=O)OC.C=C(C)C(=O)OC.C=C(C)c1ccccc1.C=CC(=O)OC.C=CCOC.C=Cc1ccccc1.COC.COC.COC. The topological polar surface area (TPSA) is 116 Å². The fourth-order valence-electron chi connectivity index (χ4n) is 3.58. The molecule has 0 N–H and O–H groups in total. The summed E-state index contributed by atoms with van der Waals surface area (Å²) in [6.45, 7) is 26.6. The normalized spacial score (nSPS) is 12.2.